The van der Waals surface area contributed by atoms with Crippen molar-refractivity contribution in [1.82, 2.24) is 15.1 Å². The highest BCUT2D eigenvalue weighted by molar-refractivity contribution is 8.04. The lowest BCUT2D eigenvalue weighted by Gasteiger charge is -2.38. The maximum absolute atomic E-state index is 4.45. The Morgan fingerprint density at radius 2 is 1.85 bits per heavy atom. The van der Waals surface area contributed by atoms with Crippen molar-refractivity contribution in [3.8, 4) is 0 Å². The first-order valence-electron chi connectivity index (χ1n) is 13.6. The summed E-state index contributed by atoms with van der Waals surface area (Å²) in [7, 11) is 0. The molecule has 1 saturated carbocycles. The van der Waals surface area contributed by atoms with Crippen molar-refractivity contribution in [2.75, 3.05) is 32.7 Å². The van der Waals surface area contributed by atoms with E-state index in [9.17, 15) is 0 Å². The third-order valence-corrected chi connectivity index (χ3v) is 9.39. The SMILES string of the molecule is C=C(CC(C)(C)C)N1CCN(CCCCC2(C)SC(NC3CCCCC3CC)=CC2=C)CC1. The van der Waals surface area contributed by atoms with E-state index in [1.54, 1.807) is 0 Å². The van der Waals surface area contributed by atoms with Gasteiger partial charge >= 0.3 is 0 Å². The van der Waals surface area contributed by atoms with E-state index >= 15 is 0 Å². The maximum atomic E-state index is 4.45. The van der Waals surface area contributed by atoms with Crippen LogP contribution in [0.2, 0.25) is 0 Å². The monoisotopic (exact) mass is 473 g/mol. The molecule has 0 spiro atoms. The Morgan fingerprint density at radius 1 is 1.15 bits per heavy atom. The van der Waals surface area contributed by atoms with Gasteiger partial charge in [-0.05, 0) is 68.6 Å². The fraction of sp³-hybridized carbons (Fsp3) is 0.793. The smallest absolute Gasteiger partial charge is 0.0695 e. The molecular weight excluding hydrogens is 422 g/mol. The van der Waals surface area contributed by atoms with Gasteiger partial charge in [0.1, 0.15) is 0 Å². The molecule has 3 nitrogen and oxygen atoms in total. The summed E-state index contributed by atoms with van der Waals surface area (Å²) in [6, 6.07) is 0.663. The van der Waals surface area contributed by atoms with Gasteiger partial charge in [-0.15, -0.1) is 0 Å². The predicted molar refractivity (Wildman–Crippen MR) is 147 cm³/mol. The number of thioether (sulfide) groups is 1. The number of rotatable bonds is 10. The van der Waals surface area contributed by atoms with Crippen LogP contribution in [0.5, 0.6) is 0 Å². The highest BCUT2D eigenvalue weighted by atomic mass is 32.2. The van der Waals surface area contributed by atoms with E-state index in [2.05, 4.69) is 69.0 Å². The van der Waals surface area contributed by atoms with Gasteiger partial charge in [0.2, 0.25) is 0 Å². The third kappa shape index (κ3) is 7.82. The highest BCUT2D eigenvalue weighted by Crippen LogP contribution is 2.47. The average Bonchev–Trinajstić information content (AvgIpc) is 3.04. The van der Waals surface area contributed by atoms with Gasteiger partial charge in [-0.25, -0.2) is 0 Å². The van der Waals surface area contributed by atoms with Crippen molar-refractivity contribution in [1.29, 1.82) is 0 Å². The summed E-state index contributed by atoms with van der Waals surface area (Å²) in [6.45, 7) is 26.3. The van der Waals surface area contributed by atoms with Crippen molar-refractivity contribution in [2.24, 2.45) is 11.3 Å². The lowest BCUT2D eigenvalue weighted by molar-refractivity contribution is 0.148. The van der Waals surface area contributed by atoms with E-state index in [4.69, 9.17) is 0 Å². The van der Waals surface area contributed by atoms with Gasteiger partial charge in [0.05, 0.1) is 5.03 Å². The zero-order valence-corrected chi connectivity index (χ0v) is 23.2. The number of nitrogens with one attached hydrogen (secondary N) is 1. The van der Waals surface area contributed by atoms with Gasteiger partial charge in [0.15, 0.2) is 0 Å². The summed E-state index contributed by atoms with van der Waals surface area (Å²) < 4.78 is 0.169. The number of nitrogens with zero attached hydrogens (tertiary/aromatic N) is 2. The van der Waals surface area contributed by atoms with Crippen molar-refractivity contribution in [3.63, 3.8) is 0 Å². The first-order valence-corrected chi connectivity index (χ1v) is 14.4. The molecule has 3 atom stereocenters. The van der Waals surface area contributed by atoms with E-state index in [1.807, 2.05) is 11.8 Å². The lowest BCUT2D eigenvalue weighted by atomic mass is 9.83. The molecule has 0 aromatic heterocycles. The molecule has 3 aliphatic rings. The standard InChI is InChI=1S/C29H51N3S/c1-8-25-13-9-10-14-26(25)30-27-21-23(2)29(7,33-27)15-11-12-16-31-17-19-32(20-18-31)24(3)22-28(4,5)6/h21,25-26,30H,2-3,8-20,22H2,1,4-7H3. The van der Waals surface area contributed by atoms with Crippen LogP contribution in [0, 0.1) is 11.3 Å². The molecule has 0 amide bonds. The van der Waals surface area contributed by atoms with Gasteiger partial charge in [-0.1, -0.05) is 78.3 Å². The van der Waals surface area contributed by atoms with E-state index in [-0.39, 0.29) is 4.75 Å². The molecule has 1 N–H and O–H groups in total. The van der Waals surface area contributed by atoms with Crippen molar-refractivity contribution >= 4 is 11.8 Å². The second kappa shape index (κ2) is 11.7. The molecule has 0 aromatic carbocycles. The summed E-state index contributed by atoms with van der Waals surface area (Å²) in [5.74, 6) is 0.839. The second-order valence-electron chi connectivity index (χ2n) is 12.2. The van der Waals surface area contributed by atoms with Crippen molar-refractivity contribution < 1.29 is 0 Å². The van der Waals surface area contributed by atoms with Gasteiger partial charge < -0.3 is 10.2 Å². The summed E-state index contributed by atoms with van der Waals surface area (Å²) in [4.78, 5) is 5.16. The van der Waals surface area contributed by atoms with Crippen LogP contribution in [0.3, 0.4) is 0 Å². The largest absolute Gasteiger partial charge is 0.377 e. The number of hydrogen-bond acceptors (Lipinski definition) is 4. The molecule has 1 saturated heterocycles. The molecule has 33 heavy (non-hydrogen) atoms. The van der Waals surface area contributed by atoms with Gasteiger partial charge in [-0.3, -0.25) is 4.90 Å². The van der Waals surface area contributed by atoms with E-state index in [0.717, 1.165) is 25.4 Å². The van der Waals surface area contributed by atoms with E-state index in [1.165, 1.54) is 87.3 Å². The minimum Gasteiger partial charge on any atom is -0.377 e. The predicted octanol–water partition coefficient (Wildman–Crippen LogP) is 7.19. The molecule has 3 unspecified atom stereocenters. The molecule has 0 aromatic rings. The number of piperazine rings is 1. The van der Waals surface area contributed by atoms with Crippen LogP contribution in [0.1, 0.15) is 92.4 Å². The van der Waals surface area contributed by atoms with Gasteiger partial charge in [-0.2, -0.15) is 0 Å². The molecule has 0 radical (unpaired) electrons. The summed E-state index contributed by atoms with van der Waals surface area (Å²) in [5.41, 5.74) is 2.96. The van der Waals surface area contributed by atoms with E-state index in [0.29, 0.717) is 11.5 Å². The molecule has 188 valence electrons. The normalized spacial score (nSPS) is 29.3. The fourth-order valence-electron chi connectivity index (χ4n) is 5.81. The molecule has 2 aliphatic heterocycles. The molecule has 0 bridgehead atoms. The summed E-state index contributed by atoms with van der Waals surface area (Å²) >= 11 is 2.04. The minimum atomic E-state index is 0.169. The molecule has 2 fully saturated rings. The highest BCUT2D eigenvalue weighted by Gasteiger charge is 2.35. The molecular formula is C29H51N3S. The van der Waals surface area contributed by atoms with Crippen molar-refractivity contribution in [2.45, 2.75) is 103 Å². The fourth-order valence-corrected chi connectivity index (χ4v) is 7.14. The van der Waals surface area contributed by atoms with Crippen LogP contribution in [0.4, 0.5) is 0 Å². The van der Waals surface area contributed by atoms with E-state index < -0.39 is 0 Å². The Bertz CT molecular complexity index is 698. The van der Waals surface area contributed by atoms with Crippen LogP contribution >= 0.6 is 11.8 Å². The Balaban J connectivity index is 1.35. The molecule has 3 rings (SSSR count). The zero-order valence-electron chi connectivity index (χ0n) is 22.3. The van der Waals surface area contributed by atoms with Gasteiger partial charge in [0, 0.05) is 42.7 Å². The maximum Gasteiger partial charge on any atom is 0.0695 e. The molecule has 1 aliphatic carbocycles. The van der Waals surface area contributed by atoms with Crippen LogP contribution in [0.25, 0.3) is 0 Å². The zero-order chi connectivity index (χ0) is 24.1. The third-order valence-electron chi connectivity index (χ3n) is 8.01. The van der Waals surface area contributed by atoms with Crippen LogP contribution in [-0.2, 0) is 0 Å². The van der Waals surface area contributed by atoms with Gasteiger partial charge in [0.25, 0.3) is 0 Å². The number of unbranched alkanes of at least 4 members (excludes halogenated alkanes) is 1. The Kier molecular flexibility index (Phi) is 9.48. The van der Waals surface area contributed by atoms with Crippen LogP contribution in [0.15, 0.2) is 35.5 Å². The lowest BCUT2D eigenvalue weighted by Crippen LogP contribution is -2.46. The topological polar surface area (TPSA) is 18.5 Å². The minimum absolute atomic E-state index is 0.169. The van der Waals surface area contributed by atoms with Crippen LogP contribution < -0.4 is 5.32 Å². The number of hydrogen-bond donors (Lipinski definition) is 1. The summed E-state index contributed by atoms with van der Waals surface area (Å²) in [5, 5.41) is 5.29. The average molecular weight is 474 g/mol. The quantitative estimate of drug-likeness (QED) is 0.338. The summed E-state index contributed by atoms with van der Waals surface area (Å²) in [6.07, 6.45) is 14.0. The Hall–Kier alpha value is -0.870. The molecule has 4 heteroatoms. The second-order valence-corrected chi connectivity index (χ2v) is 13.7. The Morgan fingerprint density at radius 3 is 2.52 bits per heavy atom. The molecule has 2 heterocycles. The first kappa shape index (κ1) is 26.7. The first-order chi connectivity index (χ1) is 15.6. The number of allylic oxidation sites excluding steroid dienone is 2. The van der Waals surface area contributed by atoms with Crippen LogP contribution in [-0.4, -0.2) is 53.3 Å². The Labute approximate surface area is 209 Å². The van der Waals surface area contributed by atoms with Crippen molar-refractivity contribution in [3.05, 3.63) is 35.5 Å².